The van der Waals surface area contributed by atoms with Crippen molar-refractivity contribution >= 4 is 74.8 Å². The number of halogens is 2. The van der Waals surface area contributed by atoms with Crippen LogP contribution >= 0.6 is 46.8 Å². The third-order valence-corrected chi connectivity index (χ3v) is 7.51. The van der Waals surface area contributed by atoms with Crippen LogP contribution in [0.1, 0.15) is 53.6 Å². The molecule has 3 rings (SSSR count). The van der Waals surface area contributed by atoms with Gasteiger partial charge < -0.3 is 11.1 Å². The van der Waals surface area contributed by atoms with Gasteiger partial charge >= 0.3 is 0 Å². The molecule has 170 valence electrons. The predicted octanol–water partition coefficient (Wildman–Crippen LogP) is 5.83. The summed E-state index contributed by atoms with van der Waals surface area (Å²) in [6.07, 6.45) is 5.60. The van der Waals surface area contributed by atoms with E-state index in [9.17, 15) is 9.59 Å². The van der Waals surface area contributed by atoms with Crippen molar-refractivity contribution in [3.05, 3.63) is 55.9 Å². The molecule has 9 heteroatoms. The molecule has 1 unspecified atom stereocenters. The summed E-state index contributed by atoms with van der Waals surface area (Å²) in [4.78, 5) is 25.6. The number of thiocarbonyl (C=S) groups is 1. The van der Waals surface area contributed by atoms with Crippen molar-refractivity contribution in [2.45, 2.75) is 40.0 Å². The van der Waals surface area contributed by atoms with Crippen LogP contribution in [0.4, 0.5) is 5.00 Å². The van der Waals surface area contributed by atoms with E-state index in [-0.39, 0.29) is 10.5 Å². The predicted molar refractivity (Wildman–Crippen MR) is 138 cm³/mol. The number of hydrogen-bond donors (Lipinski definition) is 3. The van der Waals surface area contributed by atoms with Gasteiger partial charge in [0.25, 0.3) is 5.91 Å². The molecule has 1 aliphatic carbocycles. The number of amides is 2. The zero-order valence-corrected chi connectivity index (χ0v) is 21.2. The van der Waals surface area contributed by atoms with E-state index in [1.54, 1.807) is 24.3 Å². The Morgan fingerprint density at radius 3 is 2.62 bits per heavy atom. The maximum atomic E-state index is 12.3. The number of rotatable bonds is 4. The lowest BCUT2D eigenvalue weighted by Gasteiger charge is -2.33. The Hall–Kier alpha value is -1.93. The van der Waals surface area contributed by atoms with E-state index < -0.39 is 11.8 Å². The molecular formula is C23H25Cl2N3O2S2. The fraction of sp³-hybridized carbons (Fsp3) is 0.348. The van der Waals surface area contributed by atoms with Crippen LogP contribution in [0.25, 0.3) is 6.08 Å². The molecule has 0 bridgehead atoms. The van der Waals surface area contributed by atoms with E-state index in [4.69, 9.17) is 41.2 Å². The van der Waals surface area contributed by atoms with Gasteiger partial charge in [0.1, 0.15) is 5.00 Å². The minimum Gasteiger partial charge on any atom is -0.365 e. The number of anilines is 1. The maximum Gasteiger partial charge on any atom is 0.251 e. The van der Waals surface area contributed by atoms with E-state index in [0.29, 0.717) is 32.1 Å². The fourth-order valence-corrected chi connectivity index (χ4v) is 5.84. The largest absolute Gasteiger partial charge is 0.365 e. The number of thiophene rings is 1. The van der Waals surface area contributed by atoms with Crippen LogP contribution in [-0.4, -0.2) is 16.9 Å². The lowest BCUT2D eigenvalue weighted by molar-refractivity contribution is -0.115. The molecule has 1 aromatic carbocycles. The second-order valence-electron chi connectivity index (χ2n) is 8.82. The molecule has 4 N–H and O–H groups in total. The van der Waals surface area contributed by atoms with E-state index in [1.165, 1.54) is 17.4 Å². The van der Waals surface area contributed by atoms with Crippen molar-refractivity contribution in [3.8, 4) is 0 Å². The monoisotopic (exact) mass is 509 g/mol. The van der Waals surface area contributed by atoms with Gasteiger partial charge in [-0.15, -0.1) is 11.3 Å². The molecule has 2 aromatic rings. The third kappa shape index (κ3) is 5.90. The second-order valence-corrected chi connectivity index (χ2v) is 11.2. The first-order valence-electron chi connectivity index (χ1n) is 10.1. The third-order valence-electron chi connectivity index (χ3n) is 5.58. The molecule has 0 radical (unpaired) electrons. The van der Waals surface area contributed by atoms with Gasteiger partial charge in [-0.1, -0.05) is 50.0 Å². The molecule has 0 aliphatic heterocycles. The number of fused-ring (bicyclic) bond motifs is 1. The highest BCUT2D eigenvalue weighted by molar-refractivity contribution is 7.80. The van der Waals surface area contributed by atoms with Crippen molar-refractivity contribution in [3.63, 3.8) is 0 Å². The summed E-state index contributed by atoms with van der Waals surface area (Å²) in [5.41, 5.74) is 7.99. The minimum atomic E-state index is -0.495. The highest BCUT2D eigenvalue weighted by Gasteiger charge is 2.33. The number of hydrogen-bond acceptors (Lipinski definition) is 4. The number of benzene rings is 1. The van der Waals surface area contributed by atoms with Crippen LogP contribution in [-0.2, 0) is 17.6 Å². The van der Waals surface area contributed by atoms with E-state index in [1.807, 2.05) is 0 Å². The Morgan fingerprint density at radius 1 is 1.28 bits per heavy atom. The smallest absolute Gasteiger partial charge is 0.251 e. The van der Waals surface area contributed by atoms with Crippen LogP contribution < -0.4 is 16.4 Å². The van der Waals surface area contributed by atoms with Crippen molar-refractivity contribution in [2.75, 3.05) is 5.32 Å². The van der Waals surface area contributed by atoms with Crippen LogP contribution in [0.5, 0.6) is 0 Å². The molecule has 0 saturated heterocycles. The first kappa shape index (κ1) is 24.7. The second kappa shape index (κ2) is 9.91. The number of carbonyl (C=O) groups excluding carboxylic acids is 2. The number of nitrogens with two attached hydrogens (primary N) is 1. The Bertz CT molecular complexity index is 1100. The van der Waals surface area contributed by atoms with Crippen molar-refractivity contribution in [1.82, 2.24) is 5.32 Å². The lowest BCUT2D eigenvalue weighted by atomic mass is 9.72. The molecule has 1 aliphatic rings. The van der Waals surface area contributed by atoms with Crippen LogP contribution in [0.2, 0.25) is 10.0 Å². The molecule has 32 heavy (non-hydrogen) atoms. The van der Waals surface area contributed by atoms with Gasteiger partial charge in [0.15, 0.2) is 5.11 Å². The topological polar surface area (TPSA) is 84.2 Å². The van der Waals surface area contributed by atoms with Gasteiger partial charge in [0.2, 0.25) is 5.91 Å². The summed E-state index contributed by atoms with van der Waals surface area (Å²) in [6, 6.07) is 5.00. The van der Waals surface area contributed by atoms with Crippen molar-refractivity contribution in [2.24, 2.45) is 17.1 Å². The van der Waals surface area contributed by atoms with Gasteiger partial charge in [-0.2, -0.15) is 0 Å². The number of nitrogens with one attached hydrogen (secondary N) is 2. The molecule has 2 amide bonds. The zero-order chi connectivity index (χ0) is 23.6. The average molecular weight is 511 g/mol. The molecule has 5 nitrogen and oxygen atoms in total. The molecule has 0 spiro atoms. The van der Waals surface area contributed by atoms with Gasteiger partial charge in [0, 0.05) is 21.0 Å². The van der Waals surface area contributed by atoms with E-state index in [2.05, 4.69) is 31.4 Å². The van der Waals surface area contributed by atoms with Gasteiger partial charge in [0.05, 0.1) is 5.56 Å². The Kier molecular flexibility index (Phi) is 7.65. The summed E-state index contributed by atoms with van der Waals surface area (Å²) < 4.78 is 0. The Morgan fingerprint density at radius 2 is 2.00 bits per heavy atom. The minimum absolute atomic E-state index is 0.0929. The molecular weight excluding hydrogens is 485 g/mol. The first-order valence-corrected chi connectivity index (χ1v) is 12.1. The summed E-state index contributed by atoms with van der Waals surface area (Å²) in [5, 5.41) is 7.20. The van der Waals surface area contributed by atoms with Crippen LogP contribution in [0.3, 0.4) is 0 Å². The molecule has 0 saturated carbocycles. The van der Waals surface area contributed by atoms with Crippen molar-refractivity contribution < 1.29 is 9.59 Å². The lowest BCUT2D eigenvalue weighted by Crippen LogP contribution is -2.33. The average Bonchev–Trinajstić information content (AvgIpc) is 3.03. The van der Waals surface area contributed by atoms with Gasteiger partial charge in [-0.3, -0.25) is 14.9 Å². The molecule has 1 atom stereocenters. The summed E-state index contributed by atoms with van der Waals surface area (Å²) in [7, 11) is 0. The van der Waals surface area contributed by atoms with Crippen LogP contribution in [0.15, 0.2) is 24.3 Å². The normalized spacial score (nSPS) is 16.0. The van der Waals surface area contributed by atoms with E-state index in [0.717, 1.165) is 29.7 Å². The first-order chi connectivity index (χ1) is 15.0. The highest BCUT2D eigenvalue weighted by atomic mass is 35.5. The van der Waals surface area contributed by atoms with Gasteiger partial charge in [-0.25, -0.2) is 0 Å². The molecule has 0 fully saturated rings. The Balaban J connectivity index is 1.71. The molecule has 1 heterocycles. The summed E-state index contributed by atoms with van der Waals surface area (Å²) >= 11 is 18.8. The standard InChI is InChI=1S/C23H25Cl2N3O2S2/c1-23(2,3)13-6-8-15-17(10-13)32-21(19(15)20(26)30)28-22(31)27-18(29)9-5-12-4-7-14(24)11-16(12)25/h4-5,7,9,11,13H,6,8,10H2,1-3H3,(H2,26,30)(H2,27,28,29,31)/b9-5+. The Labute approximate surface area is 207 Å². The van der Waals surface area contributed by atoms with E-state index >= 15 is 0 Å². The summed E-state index contributed by atoms with van der Waals surface area (Å²) in [6.45, 7) is 6.71. The fourth-order valence-electron chi connectivity index (χ4n) is 3.76. The summed E-state index contributed by atoms with van der Waals surface area (Å²) in [5.74, 6) is -0.396. The zero-order valence-electron chi connectivity index (χ0n) is 18.1. The van der Waals surface area contributed by atoms with Gasteiger partial charge in [-0.05, 0) is 72.1 Å². The maximum absolute atomic E-state index is 12.3. The van der Waals surface area contributed by atoms with Crippen molar-refractivity contribution in [1.29, 1.82) is 0 Å². The molecule has 1 aromatic heterocycles. The number of carbonyl (C=O) groups is 2. The highest BCUT2D eigenvalue weighted by Crippen LogP contribution is 2.44. The van der Waals surface area contributed by atoms with Crippen LogP contribution in [0, 0.1) is 11.3 Å². The SMILES string of the molecule is CC(C)(C)C1CCc2c(sc(NC(=S)NC(=O)/C=C/c3ccc(Cl)cc3Cl)c2C(N)=O)C1. The number of primary amides is 1. The quantitative estimate of drug-likeness (QED) is 0.357.